The second-order valence-corrected chi connectivity index (χ2v) is 6.78. The first-order valence-corrected chi connectivity index (χ1v) is 8.55. The second kappa shape index (κ2) is 6.50. The van der Waals surface area contributed by atoms with Crippen LogP contribution >= 0.6 is 0 Å². The lowest BCUT2D eigenvalue weighted by molar-refractivity contribution is -0.0402. The summed E-state index contributed by atoms with van der Waals surface area (Å²) >= 11 is 0. The predicted octanol–water partition coefficient (Wildman–Crippen LogP) is 4.19. The van der Waals surface area contributed by atoms with Crippen LogP contribution in [0.25, 0.3) is 5.57 Å². The highest BCUT2D eigenvalue weighted by molar-refractivity contribution is 5.68. The molecule has 0 amide bonds. The minimum Gasteiger partial charge on any atom is -0.378 e. The molecule has 2 heterocycles. The molecule has 2 atom stereocenters. The van der Waals surface area contributed by atoms with Crippen molar-refractivity contribution < 1.29 is 9.13 Å². The zero-order valence-electron chi connectivity index (χ0n) is 13.9. The van der Waals surface area contributed by atoms with Crippen molar-refractivity contribution in [2.45, 2.75) is 32.0 Å². The number of rotatable bonds is 3. The number of hydrogen-bond donors (Lipinski definition) is 0. The monoisotopic (exact) mass is 323 g/mol. The zero-order valence-corrected chi connectivity index (χ0v) is 13.9. The van der Waals surface area contributed by atoms with Gasteiger partial charge in [0.15, 0.2) is 0 Å². The van der Waals surface area contributed by atoms with Gasteiger partial charge in [-0.1, -0.05) is 42.5 Å². The lowest BCUT2D eigenvalue weighted by atomic mass is 9.89. The van der Waals surface area contributed by atoms with Crippen molar-refractivity contribution in [3.63, 3.8) is 0 Å². The third-order valence-corrected chi connectivity index (χ3v) is 5.08. The van der Waals surface area contributed by atoms with Gasteiger partial charge < -0.3 is 4.74 Å². The Labute approximate surface area is 142 Å². The third kappa shape index (κ3) is 3.02. The van der Waals surface area contributed by atoms with E-state index in [0.717, 1.165) is 31.7 Å². The van der Waals surface area contributed by atoms with Crippen LogP contribution in [0.1, 0.15) is 23.1 Å². The number of morpholine rings is 1. The first kappa shape index (κ1) is 15.6. The van der Waals surface area contributed by atoms with Crippen LogP contribution in [0.4, 0.5) is 4.39 Å². The molecule has 0 aliphatic carbocycles. The summed E-state index contributed by atoms with van der Waals surface area (Å²) in [7, 11) is 0. The van der Waals surface area contributed by atoms with E-state index in [1.807, 2.05) is 19.1 Å². The molecular formula is C21H22FNO. The number of hydrogen-bond acceptors (Lipinski definition) is 2. The maximum absolute atomic E-state index is 13.6. The molecule has 2 aromatic rings. The number of fused-ring (bicyclic) bond motifs is 2. The normalized spacial score (nSPS) is 23.8. The van der Waals surface area contributed by atoms with E-state index in [2.05, 4.69) is 41.3 Å². The van der Waals surface area contributed by atoms with Crippen molar-refractivity contribution in [1.82, 2.24) is 4.90 Å². The van der Waals surface area contributed by atoms with Crippen LogP contribution in [0.2, 0.25) is 0 Å². The highest BCUT2D eigenvalue weighted by atomic mass is 19.1. The summed E-state index contributed by atoms with van der Waals surface area (Å²) in [6.45, 7) is 4.27. The average Bonchev–Trinajstić information content (AvgIpc) is 2.58. The molecule has 0 radical (unpaired) electrons. The zero-order chi connectivity index (χ0) is 16.5. The molecule has 0 saturated carbocycles. The topological polar surface area (TPSA) is 12.5 Å². The molecule has 2 aliphatic rings. The van der Waals surface area contributed by atoms with Gasteiger partial charge in [-0.15, -0.1) is 0 Å². The van der Waals surface area contributed by atoms with Crippen molar-refractivity contribution >= 4 is 5.57 Å². The quantitative estimate of drug-likeness (QED) is 0.840. The average molecular weight is 323 g/mol. The molecule has 2 unspecified atom stereocenters. The maximum atomic E-state index is 13.6. The predicted molar refractivity (Wildman–Crippen MR) is 94.1 cm³/mol. The molecule has 2 aromatic carbocycles. The molecule has 1 saturated heterocycles. The van der Waals surface area contributed by atoms with E-state index in [9.17, 15) is 4.39 Å². The maximum Gasteiger partial charge on any atom is 0.126 e. The van der Waals surface area contributed by atoms with Crippen molar-refractivity contribution in [3.05, 3.63) is 77.1 Å². The fourth-order valence-electron chi connectivity index (χ4n) is 3.76. The van der Waals surface area contributed by atoms with E-state index >= 15 is 0 Å². The Morgan fingerprint density at radius 3 is 2.71 bits per heavy atom. The molecule has 2 bridgehead atoms. The van der Waals surface area contributed by atoms with Crippen LogP contribution in [-0.2, 0) is 11.3 Å². The SMILES string of the molecule is Cc1cc(C2=CC3COCC(C2)N3Cc2ccccc2)ccc1F. The fraction of sp³-hybridized carbons (Fsp3) is 0.333. The van der Waals surface area contributed by atoms with Crippen LogP contribution in [-0.4, -0.2) is 30.2 Å². The smallest absolute Gasteiger partial charge is 0.126 e. The summed E-state index contributed by atoms with van der Waals surface area (Å²) in [5.41, 5.74) is 4.51. The molecule has 2 nitrogen and oxygen atoms in total. The van der Waals surface area contributed by atoms with E-state index < -0.39 is 0 Å². The number of nitrogens with zero attached hydrogens (tertiary/aromatic N) is 1. The summed E-state index contributed by atoms with van der Waals surface area (Å²) in [5.74, 6) is -0.135. The summed E-state index contributed by atoms with van der Waals surface area (Å²) in [5, 5.41) is 0. The highest BCUT2D eigenvalue weighted by Crippen LogP contribution is 2.34. The Hall–Kier alpha value is -1.97. The van der Waals surface area contributed by atoms with Crippen LogP contribution in [0, 0.1) is 12.7 Å². The van der Waals surface area contributed by atoms with E-state index in [-0.39, 0.29) is 11.9 Å². The second-order valence-electron chi connectivity index (χ2n) is 6.78. The Kier molecular flexibility index (Phi) is 4.21. The van der Waals surface area contributed by atoms with Crippen molar-refractivity contribution in [1.29, 1.82) is 0 Å². The van der Waals surface area contributed by atoms with E-state index in [1.165, 1.54) is 11.1 Å². The molecule has 3 heteroatoms. The van der Waals surface area contributed by atoms with Gasteiger partial charge in [-0.3, -0.25) is 4.90 Å². The highest BCUT2D eigenvalue weighted by Gasteiger charge is 2.34. The molecule has 4 rings (SSSR count). The Balaban J connectivity index is 1.61. The van der Waals surface area contributed by atoms with Crippen LogP contribution < -0.4 is 0 Å². The molecule has 0 spiro atoms. The largest absolute Gasteiger partial charge is 0.378 e. The lowest BCUT2D eigenvalue weighted by Gasteiger charge is -2.45. The van der Waals surface area contributed by atoms with Gasteiger partial charge >= 0.3 is 0 Å². The van der Waals surface area contributed by atoms with Crippen molar-refractivity contribution in [2.75, 3.05) is 13.2 Å². The molecule has 0 aromatic heterocycles. The van der Waals surface area contributed by atoms with Crippen molar-refractivity contribution in [2.24, 2.45) is 0 Å². The number of benzene rings is 2. The van der Waals surface area contributed by atoms with Crippen LogP contribution in [0.15, 0.2) is 54.6 Å². The molecule has 124 valence electrons. The van der Waals surface area contributed by atoms with Crippen LogP contribution in [0.5, 0.6) is 0 Å². The van der Waals surface area contributed by atoms with Gasteiger partial charge in [-0.05, 0) is 47.7 Å². The first-order chi connectivity index (χ1) is 11.7. The summed E-state index contributed by atoms with van der Waals surface area (Å²) in [4.78, 5) is 2.54. The number of halogens is 1. The van der Waals surface area contributed by atoms with Gasteiger partial charge in [0.1, 0.15) is 5.82 Å². The minimum absolute atomic E-state index is 0.135. The van der Waals surface area contributed by atoms with E-state index in [4.69, 9.17) is 4.74 Å². The van der Waals surface area contributed by atoms with Crippen molar-refractivity contribution in [3.8, 4) is 0 Å². The van der Waals surface area contributed by atoms with Gasteiger partial charge in [0.05, 0.1) is 19.3 Å². The lowest BCUT2D eigenvalue weighted by Crippen LogP contribution is -2.53. The molecule has 24 heavy (non-hydrogen) atoms. The molecular weight excluding hydrogens is 301 g/mol. The standard InChI is InChI=1S/C21H22FNO/c1-15-9-17(7-8-21(15)22)18-10-19-13-24-14-20(11-18)23(19)12-16-5-3-2-4-6-16/h2-10,19-20H,11-14H2,1H3. The summed E-state index contributed by atoms with van der Waals surface area (Å²) in [6, 6.07) is 16.7. The first-order valence-electron chi connectivity index (χ1n) is 8.55. The molecule has 2 aliphatic heterocycles. The Morgan fingerprint density at radius 1 is 1.12 bits per heavy atom. The number of aryl methyl sites for hydroxylation is 1. The summed E-state index contributed by atoms with van der Waals surface area (Å²) < 4.78 is 19.3. The van der Waals surface area contributed by atoms with Gasteiger partial charge in [0, 0.05) is 12.6 Å². The molecule has 0 N–H and O–H groups in total. The van der Waals surface area contributed by atoms with Gasteiger partial charge in [-0.2, -0.15) is 0 Å². The van der Waals surface area contributed by atoms with Gasteiger partial charge in [0.25, 0.3) is 0 Å². The van der Waals surface area contributed by atoms with Gasteiger partial charge in [0.2, 0.25) is 0 Å². The van der Waals surface area contributed by atoms with E-state index in [0.29, 0.717) is 11.6 Å². The fourth-order valence-corrected chi connectivity index (χ4v) is 3.76. The van der Waals surface area contributed by atoms with Crippen LogP contribution in [0.3, 0.4) is 0 Å². The summed E-state index contributed by atoms with van der Waals surface area (Å²) in [6.07, 6.45) is 3.26. The van der Waals surface area contributed by atoms with E-state index in [1.54, 1.807) is 6.07 Å². The molecule has 1 fully saturated rings. The number of ether oxygens (including phenoxy) is 1. The third-order valence-electron chi connectivity index (χ3n) is 5.08. The minimum atomic E-state index is -0.135. The Bertz CT molecular complexity index is 756. The van der Waals surface area contributed by atoms with Gasteiger partial charge in [-0.25, -0.2) is 4.39 Å². The Morgan fingerprint density at radius 2 is 1.96 bits per heavy atom.